The van der Waals surface area contributed by atoms with Gasteiger partial charge in [-0.25, -0.2) is 14.5 Å². The molecule has 0 atom stereocenters. The Bertz CT molecular complexity index is 798. The molecule has 9 heteroatoms. The first-order valence-corrected chi connectivity index (χ1v) is 6.18. The van der Waals surface area contributed by atoms with Crippen LogP contribution >= 0.6 is 0 Å². The van der Waals surface area contributed by atoms with E-state index in [1.165, 1.54) is 4.68 Å². The molecule has 3 rings (SSSR count). The Labute approximate surface area is 119 Å². The molecule has 0 unspecified atom stereocenters. The average molecular weight is 287 g/mol. The Morgan fingerprint density at radius 1 is 1.38 bits per heavy atom. The van der Waals surface area contributed by atoms with Gasteiger partial charge >= 0.3 is 5.97 Å². The summed E-state index contributed by atoms with van der Waals surface area (Å²) in [5.41, 5.74) is 1.71. The van der Waals surface area contributed by atoms with E-state index in [9.17, 15) is 9.90 Å². The van der Waals surface area contributed by atoms with E-state index in [0.717, 1.165) is 5.69 Å². The molecular formula is C12H13N7O2. The molecule has 0 aromatic carbocycles. The summed E-state index contributed by atoms with van der Waals surface area (Å²) >= 11 is 0. The van der Waals surface area contributed by atoms with Crippen LogP contribution in [0.1, 0.15) is 16.2 Å². The van der Waals surface area contributed by atoms with Gasteiger partial charge < -0.3 is 9.67 Å². The van der Waals surface area contributed by atoms with Crippen molar-refractivity contribution in [3.05, 3.63) is 36.2 Å². The third-order valence-corrected chi connectivity index (χ3v) is 3.08. The Hall–Kier alpha value is -2.97. The Morgan fingerprint density at radius 2 is 2.19 bits per heavy atom. The summed E-state index contributed by atoms with van der Waals surface area (Å²) in [5, 5.41) is 21.2. The summed E-state index contributed by atoms with van der Waals surface area (Å²) < 4.78 is 4.91. The van der Waals surface area contributed by atoms with Gasteiger partial charge in [-0.15, -0.1) is 5.10 Å². The summed E-state index contributed by atoms with van der Waals surface area (Å²) in [6, 6.07) is 1.84. The van der Waals surface area contributed by atoms with E-state index in [2.05, 4.69) is 20.4 Å². The Balaban J connectivity index is 2.09. The number of rotatable bonds is 4. The number of carboxylic acids is 1. The third kappa shape index (κ3) is 2.29. The van der Waals surface area contributed by atoms with Gasteiger partial charge in [-0.05, 0) is 6.07 Å². The summed E-state index contributed by atoms with van der Waals surface area (Å²) in [4.78, 5) is 15.3. The highest BCUT2D eigenvalue weighted by molar-refractivity contribution is 5.92. The minimum atomic E-state index is -1.13. The minimum Gasteiger partial charge on any atom is -0.476 e. The largest absolute Gasteiger partial charge is 0.476 e. The highest BCUT2D eigenvalue weighted by Gasteiger charge is 2.23. The molecule has 21 heavy (non-hydrogen) atoms. The van der Waals surface area contributed by atoms with Crippen LogP contribution in [0.5, 0.6) is 0 Å². The average Bonchev–Trinajstić information content (AvgIpc) is 3.11. The maximum atomic E-state index is 11.3. The number of hydrogen-bond donors (Lipinski definition) is 1. The molecule has 3 aromatic heterocycles. The highest BCUT2D eigenvalue weighted by Crippen LogP contribution is 2.22. The van der Waals surface area contributed by atoms with Crippen LogP contribution in [0, 0.1) is 0 Å². The monoisotopic (exact) mass is 287 g/mol. The van der Waals surface area contributed by atoms with Crippen LogP contribution < -0.4 is 0 Å². The van der Waals surface area contributed by atoms with Crippen molar-refractivity contribution >= 4 is 5.97 Å². The first-order chi connectivity index (χ1) is 10.1. The van der Waals surface area contributed by atoms with E-state index in [4.69, 9.17) is 0 Å². The van der Waals surface area contributed by atoms with Crippen molar-refractivity contribution in [3.63, 3.8) is 0 Å². The van der Waals surface area contributed by atoms with Crippen LogP contribution in [0.25, 0.3) is 11.4 Å². The molecule has 108 valence electrons. The summed E-state index contributed by atoms with van der Waals surface area (Å²) in [5.74, 6) is -1.13. The second-order valence-corrected chi connectivity index (χ2v) is 4.62. The van der Waals surface area contributed by atoms with Crippen molar-refractivity contribution in [2.75, 3.05) is 0 Å². The number of nitrogens with zero attached hydrogens (tertiary/aromatic N) is 7. The van der Waals surface area contributed by atoms with Gasteiger partial charge in [0, 0.05) is 20.3 Å². The maximum Gasteiger partial charge on any atom is 0.358 e. The van der Waals surface area contributed by atoms with Crippen LogP contribution in [-0.2, 0) is 20.6 Å². The lowest BCUT2D eigenvalue weighted by Crippen LogP contribution is -2.08. The first kappa shape index (κ1) is 13.0. The molecule has 0 aliphatic rings. The van der Waals surface area contributed by atoms with Crippen LogP contribution in [0.3, 0.4) is 0 Å². The molecule has 0 spiro atoms. The number of carbonyl (C=O) groups is 1. The number of imidazole rings is 1. The zero-order chi connectivity index (χ0) is 15.0. The second kappa shape index (κ2) is 4.85. The fraction of sp³-hybridized carbons (Fsp3) is 0.250. The number of aryl methyl sites for hydroxylation is 2. The normalized spacial score (nSPS) is 11.0. The summed E-state index contributed by atoms with van der Waals surface area (Å²) in [7, 11) is 3.60. The van der Waals surface area contributed by atoms with Gasteiger partial charge in [0.05, 0.1) is 30.5 Å². The van der Waals surface area contributed by atoms with Gasteiger partial charge in [0.2, 0.25) is 0 Å². The number of hydrogen-bond acceptors (Lipinski definition) is 5. The molecule has 0 saturated heterocycles. The van der Waals surface area contributed by atoms with Crippen LogP contribution in [0.2, 0.25) is 0 Å². The maximum absolute atomic E-state index is 11.3. The van der Waals surface area contributed by atoms with Crippen molar-refractivity contribution < 1.29 is 9.90 Å². The zero-order valence-corrected chi connectivity index (χ0v) is 11.5. The second-order valence-electron chi connectivity index (χ2n) is 4.62. The predicted octanol–water partition coefficient (Wildman–Crippen LogP) is 0.159. The van der Waals surface area contributed by atoms with Crippen molar-refractivity contribution in [2.24, 2.45) is 14.1 Å². The van der Waals surface area contributed by atoms with Gasteiger partial charge in [-0.2, -0.15) is 5.10 Å². The van der Waals surface area contributed by atoms with Gasteiger partial charge in [0.25, 0.3) is 0 Å². The molecule has 3 aromatic rings. The minimum absolute atomic E-state index is 0.102. The van der Waals surface area contributed by atoms with E-state index in [1.54, 1.807) is 28.8 Å². The van der Waals surface area contributed by atoms with E-state index >= 15 is 0 Å². The van der Waals surface area contributed by atoms with E-state index in [1.807, 2.05) is 19.3 Å². The Kier molecular flexibility index (Phi) is 3.01. The van der Waals surface area contributed by atoms with Gasteiger partial charge in [0.1, 0.15) is 5.69 Å². The van der Waals surface area contributed by atoms with E-state index < -0.39 is 5.97 Å². The topological polar surface area (TPSA) is 104 Å². The molecule has 1 N–H and O–H groups in total. The van der Waals surface area contributed by atoms with Crippen LogP contribution in [-0.4, -0.2) is 45.4 Å². The summed E-state index contributed by atoms with van der Waals surface area (Å²) in [6.07, 6.45) is 4.99. The molecule has 3 heterocycles. The number of aromatic carboxylic acids is 1. The number of carboxylic acid groups (broad SMARTS) is 1. The Morgan fingerprint density at radius 3 is 2.76 bits per heavy atom. The predicted molar refractivity (Wildman–Crippen MR) is 71.5 cm³/mol. The molecule has 0 radical (unpaired) electrons. The van der Waals surface area contributed by atoms with E-state index in [0.29, 0.717) is 17.9 Å². The lowest BCUT2D eigenvalue weighted by atomic mass is 10.2. The van der Waals surface area contributed by atoms with Gasteiger partial charge in [-0.1, -0.05) is 5.21 Å². The highest BCUT2D eigenvalue weighted by atomic mass is 16.4. The van der Waals surface area contributed by atoms with Crippen molar-refractivity contribution in [1.29, 1.82) is 0 Å². The van der Waals surface area contributed by atoms with Gasteiger partial charge in [-0.3, -0.25) is 4.68 Å². The van der Waals surface area contributed by atoms with Crippen molar-refractivity contribution in [2.45, 2.75) is 6.54 Å². The van der Waals surface area contributed by atoms with Gasteiger partial charge in [0.15, 0.2) is 5.69 Å². The lowest BCUT2D eigenvalue weighted by Gasteiger charge is -2.06. The fourth-order valence-corrected chi connectivity index (χ4v) is 2.11. The fourth-order valence-electron chi connectivity index (χ4n) is 2.11. The smallest absolute Gasteiger partial charge is 0.358 e. The molecule has 0 aliphatic carbocycles. The summed E-state index contributed by atoms with van der Waals surface area (Å²) in [6.45, 7) is 0.335. The van der Waals surface area contributed by atoms with Crippen molar-refractivity contribution in [3.8, 4) is 11.4 Å². The molecule has 0 amide bonds. The zero-order valence-electron chi connectivity index (χ0n) is 11.5. The molecule has 0 bridgehead atoms. The molecule has 0 aliphatic heterocycles. The quantitative estimate of drug-likeness (QED) is 0.733. The molecule has 0 saturated carbocycles. The van der Waals surface area contributed by atoms with Crippen LogP contribution in [0.4, 0.5) is 0 Å². The lowest BCUT2D eigenvalue weighted by molar-refractivity contribution is 0.0691. The molecule has 0 fully saturated rings. The molecular weight excluding hydrogens is 274 g/mol. The SMILES string of the molecule is Cn1ccc(Cn2nnc(C(=O)O)c2-c2cncn2C)n1. The van der Waals surface area contributed by atoms with E-state index in [-0.39, 0.29) is 5.69 Å². The molecule has 9 nitrogen and oxygen atoms in total. The number of aromatic nitrogens is 7. The van der Waals surface area contributed by atoms with Crippen LogP contribution in [0.15, 0.2) is 24.8 Å². The van der Waals surface area contributed by atoms with Crippen molar-refractivity contribution in [1.82, 2.24) is 34.3 Å². The first-order valence-electron chi connectivity index (χ1n) is 6.18. The standard InChI is InChI=1S/C12H13N7O2/c1-17-7-13-5-9(17)11-10(12(20)21)14-16-19(11)6-8-3-4-18(2)15-8/h3-5,7H,6H2,1-2H3,(H,20,21). The third-order valence-electron chi connectivity index (χ3n) is 3.08.